The first-order valence-corrected chi connectivity index (χ1v) is 5.10. The Kier molecular flexibility index (Phi) is 3.05. The number of imidazole rings is 1. The number of anilines is 1. The maximum absolute atomic E-state index is 5.55. The molecule has 0 bridgehead atoms. The second-order valence-corrected chi connectivity index (χ2v) is 3.27. The van der Waals surface area contributed by atoms with Crippen LogP contribution >= 0.6 is 0 Å². The van der Waals surface area contributed by atoms with Gasteiger partial charge in [0.25, 0.3) is 5.88 Å². The number of nitrogens with one attached hydrogen (secondary N) is 1. The fraction of sp³-hybridized carbons (Fsp3) is 0.273. The van der Waals surface area contributed by atoms with Crippen molar-refractivity contribution in [3.8, 4) is 5.88 Å². The molecule has 0 unspecified atom stereocenters. The molecular weight excluding hydrogens is 204 g/mol. The van der Waals surface area contributed by atoms with Crippen molar-refractivity contribution in [2.24, 2.45) is 0 Å². The average Bonchev–Trinajstić information content (AvgIpc) is 2.77. The summed E-state index contributed by atoms with van der Waals surface area (Å²) in [5.74, 6) is 1.29. The van der Waals surface area contributed by atoms with E-state index in [1.165, 1.54) is 0 Å². The van der Waals surface area contributed by atoms with Crippen molar-refractivity contribution < 1.29 is 4.74 Å². The first-order chi connectivity index (χ1) is 7.85. The Labute approximate surface area is 93.8 Å². The Bertz CT molecular complexity index is 492. The summed E-state index contributed by atoms with van der Waals surface area (Å²) in [6.07, 6.45) is 8.04. The van der Waals surface area contributed by atoms with Crippen molar-refractivity contribution in [3.63, 3.8) is 0 Å². The maximum Gasteiger partial charge on any atom is 0.260 e. The van der Waals surface area contributed by atoms with E-state index in [-0.39, 0.29) is 0 Å². The van der Waals surface area contributed by atoms with E-state index >= 15 is 0 Å². The molecular formula is C11H14N4O. The van der Waals surface area contributed by atoms with Crippen LogP contribution in [0.2, 0.25) is 0 Å². The molecule has 0 aromatic carbocycles. The minimum atomic E-state index is 0.540. The molecule has 16 heavy (non-hydrogen) atoms. The van der Waals surface area contributed by atoms with Gasteiger partial charge in [-0.15, -0.1) is 6.58 Å². The number of aromatic nitrogens is 3. The Hall–Kier alpha value is -2.04. The Morgan fingerprint density at radius 3 is 3.25 bits per heavy atom. The lowest BCUT2D eigenvalue weighted by molar-refractivity contribution is 0.315. The monoisotopic (exact) mass is 218 g/mol. The normalized spacial score (nSPS) is 10.3. The van der Waals surface area contributed by atoms with E-state index in [1.54, 1.807) is 6.20 Å². The number of fused-ring (bicyclic) bond motifs is 1. The van der Waals surface area contributed by atoms with Gasteiger partial charge in [-0.2, -0.15) is 4.98 Å². The summed E-state index contributed by atoms with van der Waals surface area (Å²) in [5, 5.41) is 2.98. The lowest BCUT2D eigenvalue weighted by atomic mass is 10.4. The number of nitrogens with zero attached hydrogens (tertiary/aromatic N) is 3. The summed E-state index contributed by atoms with van der Waals surface area (Å²) in [6.45, 7) is 4.21. The van der Waals surface area contributed by atoms with Crippen molar-refractivity contribution in [2.45, 2.75) is 6.42 Å². The predicted molar refractivity (Wildman–Crippen MR) is 62.8 cm³/mol. The molecule has 0 aliphatic rings. The number of hydrogen-bond donors (Lipinski definition) is 1. The average molecular weight is 218 g/mol. The number of ether oxygens (including phenoxy) is 1. The van der Waals surface area contributed by atoms with Crippen LogP contribution in [0.25, 0.3) is 5.65 Å². The highest BCUT2D eigenvalue weighted by Crippen LogP contribution is 2.18. The molecule has 0 saturated heterocycles. The summed E-state index contributed by atoms with van der Waals surface area (Å²) < 4.78 is 7.43. The van der Waals surface area contributed by atoms with Crippen molar-refractivity contribution in [1.82, 2.24) is 14.4 Å². The molecule has 2 aromatic rings. The summed E-state index contributed by atoms with van der Waals surface area (Å²) in [5.41, 5.74) is 0.725. The quantitative estimate of drug-likeness (QED) is 0.613. The second kappa shape index (κ2) is 4.65. The van der Waals surface area contributed by atoms with Gasteiger partial charge in [-0.1, -0.05) is 6.08 Å². The lowest BCUT2D eigenvalue weighted by Gasteiger charge is -2.07. The van der Waals surface area contributed by atoms with E-state index in [1.807, 2.05) is 29.9 Å². The van der Waals surface area contributed by atoms with E-state index in [0.29, 0.717) is 12.5 Å². The summed E-state index contributed by atoms with van der Waals surface area (Å²) >= 11 is 0. The van der Waals surface area contributed by atoms with E-state index in [2.05, 4.69) is 21.9 Å². The smallest absolute Gasteiger partial charge is 0.260 e. The third-order valence-electron chi connectivity index (χ3n) is 2.16. The van der Waals surface area contributed by atoms with Crippen LogP contribution in [0.15, 0.2) is 31.2 Å². The van der Waals surface area contributed by atoms with E-state index in [0.717, 1.165) is 17.9 Å². The third-order valence-corrected chi connectivity index (χ3v) is 2.16. The predicted octanol–water partition coefficient (Wildman–Crippen LogP) is 1.73. The van der Waals surface area contributed by atoms with Crippen molar-refractivity contribution in [3.05, 3.63) is 31.2 Å². The fourth-order valence-electron chi connectivity index (χ4n) is 1.36. The molecule has 84 valence electrons. The Morgan fingerprint density at radius 2 is 2.50 bits per heavy atom. The molecule has 5 heteroatoms. The maximum atomic E-state index is 5.55. The molecule has 0 amide bonds. The molecule has 2 heterocycles. The summed E-state index contributed by atoms with van der Waals surface area (Å²) in [7, 11) is 1.82. The lowest BCUT2D eigenvalue weighted by Crippen LogP contribution is -2.03. The zero-order valence-electron chi connectivity index (χ0n) is 9.18. The van der Waals surface area contributed by atoms with Crippen LogP contribution in [0.4, 0.5) is 5.82 Å². The van der Waals surface area contributed by atoms with Crippen LogP contribution < -0.4 is 10.1 Å². The van der Waals surface area contributed by atoms with E-state index in [9.17, 15) is 0 Å². The summed E-state index contributed by atoms with van der Waals surface area (Å²) in [6, 6.07) is 0. The van der Waals surface area contributed by atoms with Gasteiger partial charge in [0.1, 0.15) is 5.82 Å². The summed E-state index contributed by atoms with van der Waals surface area (Å²) in [4.78, 5) is 8.51. The Balaban J connectivity index is 2.32. The highest BCUT2D eigenvalue weighted by Gasteiger charge is 2.07. The van der Waals surface area contributed by atoms with Crippen LogP contribution in [0.1, 0.15) is 6.42 Å². The van der Waals surface area contributed by atoms with Gasteiger partial charge in [0.15, 0.2) is 0 Å². The van der Waals surface area contributed by atoms with Gasteiger partial charge in [0, 0.05) is 19.4 Å². The number of hydrogen-bond acceptors (Lipinski definition) is 4. The van der Waals surface area contributed by atoms with E-state index < -0.39 is 0 Å². The second-order valence-electron chi connectivity index (χ2n) is 3.27. The zero-order chi connectivity index (χ0) is 11.4. The van der Waals surface area contributed by atoms with E-state index in [4.69, 9.17) is 4.74 Å². The zero-order valence-corrected chi connectivity index (χ0v) is 9.18. The molecule has 0 radical (unpaired) electrons. The van der Waals surface area contributed by atoms with Gasteiger partial charge < -0.3 is 10.1 Å². The minimum Gasteiger partial charge on any atom is -0.475 e. The fourth-order valence-corrected chi connectivity index (χ4v) is 1.36. The van der Waals surface area contributed by atoms with Crippen LogP contribution in [-0.2, 0) is 0 Å². The Morgan fingerprint density at radius 1 is 1.62 bits per heavy atom. The first-order valence-electron chi connectivity index (χ1n) is 5.10. The van der Waals surface area contributed by atoms with Gasteiger partial charge in [-0.25, -0.2) is 4.98 Å². The molecule has 0 atom stereocenters. The van der Waals surface area contributed by atoms with Crippen LogP contribution in [0.3, 0.4) is 0 Å². The molecule has 0 spiro atoms. The molecule has 2 rings (SSSR count). The molecule has 5 nitrogen and oxygen atoms in total. The highest BCUT2D eigenvalue weighted by atomic mass is 16.5. The molecule has 0 aliphatic heterocycles. The molecule has 1 N–H and O–H groups in total. The van der Waals surface area contributed by atoms with Gasteiger partial charge >= 0.3 is 0 Å². The SMILES string of the molecule is C=CCCOc1nc(NC)cn2ccnc12. The topological polar surface area (TPSA) is 51.5 Å². The van der Waals surface area contributed by atoms with Crippen LogP contribution in [-0.4, -0.2) is 28.0 Å². The molecule has 0 aliphatic carbocycles. The largest absolute Gasteiger partial charge is 0.475 e. The van der Waals surface area contributed by atoms with Crippen LogP contribution in [0, 0.1) is 0 Å². The minimum absolute atomic E-state index is 0.540. The third kappa shape index (κ3) is 1.98. The van der Waals surface area contributed by atoms with Crippen molar-refractivity contribution in [2.75, 3.05) is 19.0 Å². The van der Waals surface area contributed by atoms with Gasteiger partial charge in [-0.3, -0.25) is 4.40 Å². The van der Waals surface area contributed by atoms with Crippen molar-refractivity contribution >= 4 is 11.5 Å². The number of rotatable bonds is 5. The highest BCUT2D eigenvalue weighted by molar-refractivity contribution is 5.53. The standard InChI is InChI=1S/C11H14N4O/c1-3-4-7-16-11-10-13-5-6-15(10)8-9(12-2)14-11/h3,5-6,8,12H,1,4,7H2,2H3. The van der Waals surface area contributed by atoms with Crippen molar-refractivity contribution in [1.29, 1.82) is 0 Å². The van der Waals surface area contributed by atoms with Crippen LogP contribution in [0.5, 0.6) is 5.88 Å². The molecule has 2 aromatic heterocycles. The van der Waals surface area contributed by atoms with Gasteiger partial charge in [0.2, 0.25) is 5.65 Å². The molecule has 0 saturated carbocycles. The molecule has 0 fully saturated rings. The first kappa shape index (κ1) is 10.5. The van der Waals surface area contributed by atoms with Gasteiger partial charge in [0.05, 0.1) is 12.8 Å². The van der Waals surface area contributed by atoms with Gasteiger partial charge in [-0.05, 0) is 6.42 Å².